The molecule has 2 heterocycles. The van der Waals surface area contributed by atoms with E-state index in [1.54, 1.807) is 12.1 Å². The number of rotatable bonds is 6. The zero-order valence-electron chi connectivity index (χ0n) is 16.0. The Morgan fingerprint density at radius 1 is 1.20 bits per heavy atom. The molecule has 30 heavy (non-hydrogen) atoms. The molecule has 9 heteroatoms. The largest absolute Gasteiger partial charge is 0.454 e. The van der Waals surface area contributed by atoms with Gasteiger partial charge in [0.2, 0.25) is 6.79 Å². The van der Waals surface area contributed by atoms with Crippen molar-refractivity contribution in [2.45, 2.75) is 19.6 Å². The summed E-state index contributed by atoms with van der Waals surface area (Å²) in [6.45, 7) is 1.89. The molecular weight excluding hydrogens is 393 g/mol. The highest BCUT2D eigenvalue weighted by Crippen LogP contribution is 2.32. The number of amides is 1. The quantitative estimate of drug-likeness (QED) is 0.627. The number of imidazole rings is 1. The molecule has 1 atom stereocenters. The van der Waals surface area contributed by atoms with Crippen LogP contribution in [0, 0.1) is 5.82 Å². The van der Waals surface area contributed by atoms with E-state index in [0.717, 1.165) is 5.56 Å². The maximum absolute atomic E-state index is 13.1. The molecule has 4 rings (SSSR count). The third-order valence-corrected chi connectivity index (χ3v) is 4.51. The highest BCUT2D eigenvalue weighted by atomic mass is 19.1. The maximum Gasteiger partial charge on any atom is 0.357 e. The van der Waals surface area contributed by atoms with Crippen LogP contribution in [0.15, 0.2) is 55.0 Å². The van der Waals surface area contributed by atoms with Crippen molar-refractivity contribution >= 4 is 11.9 Å². The molecule has 1 aliphatic heterocycles. The minimum absolute atomic E-state index is 0.122. The summed E-state index contributed by atoms with van der Waals surface area (Å²) >= 11 is 0. The van der Waals surface area contributed by atoms with Gasteiger partial charge in [-0.2, -0.15) is 0 Å². The Hall–Kier alpha value is -3.88. The summed E-state index contributed by atoms with van der Waals surface area (Å²) in [5, 5.41) is 2.72. The lowest BCUT2D eigenvalue weighted by molar-refractivity contribution is -0.129. The van der Waals surface area contributed by atoms with E-state index >= 15 is 0 Å². The van der Waals surface area contributed by atoms with Gasteiger partial charge in [0.15, 0.2) is 23.3 Å². The average Bonchev–Trinajstić information content (AvgIpc) is 3.41. The Morgan fingerprint density at radius 2 is 1.97 bits per heavy atom. The molecular formula is C21H18FN3O5. The monoisotopic (exact) mass is 411 g/mol. The fraction of sp³-hybridized carbons (Fsp3) is 0.190. The van der Waals surface area contributed by atoms with E-state index in [1.807, 2.05) is 6.07 Å². The van der Waals surface area contributed by atoms with Crippen LogP contribution in [0.25, 0.3) is 5.69 Å². The van der Waals surface area contributed by atoms with Crippen LogP contribution in [-0.2, 0) is 16.1 Å². The number of benzene rings is 2. The molecule has 1 aromatic heterocycles. The number of ether oxygens (including phenoxy) is 3. The molecule has 0 bridgehead atoms. The fourth-order valence-corrected chi connectivity index (χ4v) is 2.91. The van der Waals surface area contributed by atoms with E-state index in [2.05, 4.69) is 10.3 Å². The molecule has 1 N–H and O–H groups in total. The fourth-order valence-electron chi connectivity index (χ4n) is 2.91. The number of carbonyl (C=O) groups is 2. The standard InChI is InChI=1S/C21H18FN3O5/c1-13(20(26)24-9-14-2-7-18-19(8-14)29-12-28-18)30-21(27)17-10-23-11-25(17)16-5-3-15(22)4-6-16/h2-8,10-11,13H,9,12H2,1H3,(H,24,26)/t13-/m1/s1. The second-order valence-corrected chi connectivity index (χ2v) is 6.58. The molecule has 154 valence electrons. The molecule has 0 saturated carbocycles. The number of carbonyl (C=O) groups excluding carboxylic acids is 2. The third kappa shape index (κ3) is 4.09. The summed E-state index contributed by atoms with van der Waals surface area (Å²) in [5.41, 5.74) is 1.48. The summed E-state index contributed by atoms with van der Waals surface area (Å²) < 4.78 is 30.4. The van der Waals surface area contributed by atoms with Gasteiger partial charge in [0, 0.05) is 12.2 Å². The molecule has 8 nitrogen and oxygen atoms in total. The average molecular weight is 411 g/mol. The minimum atomic E-state index is -1.02. The summed E-state index contributed by atoms with van der Waals surface area (Å²) in [6.07, 6.45) is 1.71. The van der Waals surface area contributed by atoms with Crippen LogP contribution in [-0.4, -0.2) is 34.3 Å². The lowest BCUT2D eigenvalue weighted by atomic mass is 10.2. The number of nitrogens with zero attached hydrogens (tertiary/aromatic N) is 2. The molecule has 0 unspecified atom stereocenters. The zero-order chi connectivity index (χ0) is 21.1. The smallest absolute Gasteiger partial charge is 0.357 e. The molecule has 1 amide bonds. The van der Waals surface area contributed by atoms with Crippen molar-refractivity contribution in [2.24, 2.45) is 0 Å². The van der Waals surface area contributed by atoms with Gasteiger partial charge in [-0.05, 0) is 48.9 Å². The number of fused-ring (bicyclic) bond motifs is 1. The van der Waals surface area contributed by atoms with Crippen molar-refractivity contribution in [3.05, 3.63) is 72.1 Å². The number of aromatic nitrogens is 2. The van der Waals surface area contributed by atoms with Crippen LogP contribution >= 0.6 is 0 Å². The van der Waals surface area contributed by atoms with Crippen LogP contribution in [0.4, 0.5) is 4.39 Å². The van der Waals surface area contributed by atoms with Crippen LogP contribution < -0.4 is 14.8 Å². The van der Waals surface area contributed by atoms with Crippen molar-refractivity contribution in [3.63, 3.8) is 0 Å². The summed E-state index contributed by atoms with van der Waals surface area (Å²) in [4.78, 5) is 28.8. The predicted molar refractivity (Wildman–Crippen MR) is 103 cm³/mol. The van der Waals surface area contributed by atoms with Crippen molar-refractivity contribution in [1.82, 2.24) is 14.9 Å². The highest BCUT2D eigenvalue weighted by molar-refractivity contribution is 5.91. The van der Waals surface area contributed by atoms with Crippen molar-refractivity contribution < 1.29 is 28.2 Å². The van der Waals surface area contributed by atoms with Crippen LogP contribution in [0.5, 0.6) is 11.5 Å². The number of esters is 1. The van der Waals surface area contributed by atoms with E-state index in [0.29, 0.717) is 17.2 Å². The van der Waals surface area contributed by atoms with E-state index in [9.17, 15) is 14.0 Å². The van der Waals surface area contributed by atoms with Gasteiger partial charge in [-0.1, -0.05) is 6.07 Å². The van der Waals surface area contributed by atoms with Crippen LogP contribution in [0.2, 0.25) is 0 Å². The van der Waals surface area contributed by atoms with Crippen molar-refractivity contribution in [3.8, 4) is 17.2 Å². The lowest BCUT2D eigenvalue weighted by Gasteiger charge is -2.14. The predicted octanol–water partition coefficient (Wildman–Crippen LogP) is 2.60. The number of halogens is 1. The minimum Gasteiger partial charge on any atom is -0.454 e. The van der Waals surface area contributed by atoms with E-state index in [4.69, 9.17) is 14.2 Å². The molecule has 0 aliphatic carbocycles. The first-order chi connectivity index (χ1) is 14.5. The van der Waals surface area contributed by atoms with Gasteiger partial charge in [0.1, 0.15) is 5.82 Å². The molecule has 3 aromatic rings. The molecule has 1 aliphatic rings. The van der Waals surface area contributed by atoms with Gasteiger partial charge in [-0.3, -0.25) is 9.36 Å². The van der Waals surface area contributed by atoms with E-state index < -0.39 is 23.8 Å². The SMILES string of the molecule is C[C@@H](OC(=O)c1cncn1-c1ccc(F)cc1)C(=O)NCc1ccc2c(c1)OCO2. The second kappa shape index (κ2) is 8.24. The second-order valence-electron chi connectivity index (χ2n) is 6.58. The highest BCUT2D eigenvalue weighted by Gasteiger charge is 2.22. The van der Waals surface area contributed by atoms with Gasteiger partial charge in [-0.15, -0.1) is 0 Å². The lowest BCUT2D eigenvalue weighted by Crippen LogP contribution is -2.35. The molecule has 2 aromatic carbocycles. The van der Waals surface area contributed by atoms with Gasteiger partial charge in [0.05, 0.1) is 12.5 Å². The van der Waals surface area contributed by atoms with Crippen LogP contribution in [0.1, 0.15) is 23.0 Å². The number of nitrogens with one attached hydrogen (secondary N) is 1. The third-order valence-electron chi connectivity index (χ3n) is 4.51. The summed E-state index contributed by atoms with van der Waals surface area (Å²) in [5.74, 6) is -0.285. The first-order valence-corrected chi connectivity index (χ1v) is 9.17. The van der Waals surface area contributed by atoms with E-state index in [-0.39, 0.29) is 19.0 Å². The maximum atomic E-state index is 13.1. The first kappa shape index (κ1) is 19.4. The van der Waals surface area contributed by atoms with Gasteiger partial charge in [-0.25, -0.2) is 14.2 Å². The molecule has 0 radical (unpaired) electrons. The Balaban J connectivity index is 1.36. The Labute approximate surface area is 171 Å². The zero-order valence-corrected chi connectivity index (χ0v) is 16.0. The Bertz CT molecular complexity index is 1080. The van der Waals surface area contributed by atoms with Gasteiger partial charge >= 0.3 is 5.97 Å². The summed E-state index contributed by atoms with van der Waals surface area (Å²) in [6, 6.07) is 10.9. The van der Waals surface area contributed by atoms with Crippen molar-refractivity contribution in [1.29, 1.82) is 0 Å². The van der Waals surface area contributed by atoms with Gasteiger partial charge in [0.25, 0.3) is 5.91 Å². The van der Waals surface area contributed by atoms with Crippen molar-refractivity contribution in [2.75, 3.05) is 6.79 Å². The molecule has 0 fully saturated rings. The summed E-state index contributed by atoms with van der Waals surface area (Å²) in [7, 11) is 0. The normalized spacial score (nSPS) is 13.0. The number of hydrogen-bond acceptors (Lipinski definition) is 6. The molecule has 0 spiro atoms. The number of hydrogen-bond donors (Lipinski definition) is 1. The molecule has 0 saturated heterocycles. The Morgan fingerprint density at radius 3 is 2.77 bits per heavy atom. The first-order valence-electron chi connectivity index (χ1n) is 9.17. The topological polar surface area (TPSA) is 91.7 Å². The van der Waals surface area contributed by atoms with E-state index in [1.165, 1.54) is 48.3 Å². The van der Waals surface area contributed by atoms with Gasteiger partial charge < -0.3 is 19.5 Å². The van der Waals surface area contributed by atoms with Crippen LogP contribution in [0.3, 0.4) is 0 Å². The Kier molecular flexibility index (Phi) is 5.34.